The largest absolute Gasteiger partial charge is 0.234 e. The third-order valence-corrected chi connectivity index (χ3v) is 8.06. The van der Waals surface area contributed by atoms with Crippen LogP contribution in [0.4, 0.5) is 0 Å². The highest BCUT2D eigenvalue weighted by molar-refractivity contribution is 6.79. The minimum absolute atomic E-state index is 0.778. The van der Waals surface area contributed by atoms with Crippen LogP contribution in [-0.4, -0.2) is 20.3 Å². The minimum atomic E-state index is -1.17. The molecule has 0 fully saturated rings. The quantitative estimate of drug-likeness (QED) is 0.355. The molecule has 0 atom stereocenters. The zero-order valence-electron chi connectivity index (χ0n) is 7.68. The van der Waals surface area contributed by atoms with Crippen molar-refractivity contribution < 1.29 is 4.79 Å². The third kappa shape index (κ3) is 3.00. The van der Waals surface area contributed by atoms with Gasteiger partial charge in [-0.3, -0.25) is 0 Å². The number of aliphatic imine (C=N–C) groups is 1. The van der Waals surface area contributed by atoms with Crippen molar-refractivity contribution in [2.45, 2.75) is 38.9 Å². The molecule has 0 saturated heterocycles. The van der Waals surface area contributed by atoms with Crippen LogP contribution in [0.1, 0.15) is 20.8 Å². The van der Waals surface area contributed by atoms with E-state index in [0.29, 0.717) is 0 Å². The van der Waals surface area contributed by atoms with E-state index in [4.69, 9.17) is 0 Å². The Balaban J connectivity index is 4.15. The van der Waals surface area contributed by atoms with E-state index < -0.39 is 8.07 Å². The lowest BCUT2D eigenvalue weighted by Gasteiger charge is -2.24. The Morgan fingerprint density at radius 2 is 1.64 bits per heavy atom. The Morgan fingerprint density at radius 1 is 1.18 bits per heavy atom. The maximum atomic E-state index is 9.93. The fourth-order valence-corrected chi connectivity index (χ4v) is 3.86. The number of hydrogen-bond acceptors (Lipinski definition) is 2. The Morgan fingerprint density at radius 3 is 1.91 bits per heavy atom. The maximum Gasteiger partial charge on any atom is 0.234 e. The highest BCUT2D eigenvalue weighted by atomic mass is 28.3. The number of isocyanates is 1. The number of rotatable bonds is 5. The van der Waals surface area contributed by atoms with E-state index in [1.165, 1.54) is 18.1 Å². The van der Waals surface area contributed by atoms with Crippen molar-refractivity contribution in [1.29, 1.82) is 0 Å². The van der Waals surface area contributed by atoms with Gasteiger partial charge in [-0.1, -0.05) is 38.9 Å². The molecule has 0 aromatic carbocycles. The van der Waals surface area contributed by atoms with Crippen molar-refractivity contribution in [3.8, 4) is 0 Å². The van der Waals surface area contributed by atoms with E-state index in [1.807, 2.05) is 0 Å². The molecule has 0 rings (SSSR count). The van der Waals surface area contributed by atoms with Crippen molar-refractivity contribution in [3.63, 3.8) is 0 Å². The van der Waals surface area contributed by atoms with Gasteiger partial charge in [0.25, 0.3) is 0 Å². The SMILES string of the molecule is CC[Si](CC)(CC)CN=C=O. The van der Waals surface area contributed by atoms with Crippen LogP contribution in [0.25, 0.3) is 0 Å². The number of carbonyl (C=O) groups excluding carboxylic acids is 1. The van der Waals surface area contributed by atoms with Gasteiger partial charge >= 0.3 is 0 Å². The van der Waals surface area contributed by atoms with Crippen LogP contribution in [0.15, 0.2) is 4.99 Å². The monoisotopic (exact) mass is 171 g/mol. The second-order valence-electron chi connectivity index (χ2n) is 2.97. The number of hydrogen-bond donors (Lipinski definition) is 0. The Labute approximate surface area is 69.7 Å². The Hall–Kier alpha value is -0.403. The molecule has 0 radical (unpaired) electrons. The van der Waals surface area contributed by atoms with Gasteiger partial charge in [-0.05, 0) is 0 Å². The lowest BCUT2D eigenvalue weighted by molar-refractivity contribution is 0.564. The molecule has 0 unspecified atom stereocenters. The highest BCUT2D eigenvalue weighted by Gasteiger charge is 2.25. The smallest absolute Gasteiger partial charge is 0.211 e. The van der Waals surface area contributed by atoms with E-state index in [-0.39, 0.29) is 0 Å². The van der Waals surface area contributed by atoms with E-state index in [1.54, 1.807) is 6.08 Å². The summed E-state index contributed by atoms with van der Waals surface area (Å²) in [6.45, 7) is 6.62. The van der Waals surface area contributed by atoms with Gasteiger partial charge in [-0.2, -0.15) is 0 Å². The molecule has 0 aromatic heterocycles. The first-order chi connectivity index (χ1) is 5.24. The summed E-state index contributed by atoms with van der Waals surface area (Å²) in [4.78, 5) is 13.6. The highest BCUT2D eigenvalue weighted by Crippen LogP contribution is 2.19. The molecule has 0 N–H and O–H groups in total. The summed E-state index contributed by atoms with van der Waals surface area (Å²) in [5.41, 5.74) is 0. The minimum Gasteiger partial charge on any atom is -0.211 e. The molecule has 64 valence electrons. The van der Waals surface area contributed by atoms with Gasteiger partial charge in [0, 0.05) is 6.17 Å². The molecule has 0 bridgehead atoms. The normalized spacial score (nSPS) is 10.8. The second-order valence-corrected chi connectivity index (χ2v) is 8.41. The summed E-state index contributed by atoms with van der Waals surface area (Å²) in [6.07, 6.45) is 2.41. The van der Waals surface area contributed by atoms with Gasteiger partial charge in [-0.15, -0.1) is 0 Å². The standard InChI is InChI=1S/C8H17NOSi/c1-4-11(5-2,6-3)8-9-7-10/h4-6,8H2,1-3H3. The van der Waals surface area contributed by atoms with Crippen LogP contribution in [-0.2, 0) is 4.79 Å². The molecule has 0 aliphatic rings. The van der Waals surface area contributed by atoms with E-state index in [0.717, 1.165) is 6.17 Å². The lowest BCUT2D eigenvalue weighted by Crippen LogP contribution is -2.35. The van der Waals surface area contributed by atoms with Crippen molar-refractivity contribution in [2.75, 3.05) is 6.17 Å². The summed E-state index contributed by atoms with van der Waals surface area (Å²) >= 11 is 0. The van der Waals surface area contributed by atoms with Gasteiger partial charge in [0.05, 0.1) is 8.07 Å². The van der Waals surface area contributed by atoms with Crippen molar-refractivity contribution in [2.24, 2.45) is 4.99 Å². The fraction of sp³-hybridized carbons (Fsp3) is 0.875. The summed E-state index contributed by atoms with van der Waals surface area (Å²) in [5, 5.41) is 0. The van der Waals surface area contributed by atoms with E-state index >= 15 is 0 Å². The first kappa shape index (κ1) is 10.6. The van der Waals surface area contributed by atoms with Crippen molar-refractivity contribution in [3.05, 3.63) is 0 Å². The van der Waals surface area contributed by atoms with Crippen molar-refractivity contribution in [1.82, 2.24) is 0 Å². The van der Waals surface area contributed by atoms with Gasteiger partial charge in [0.1, 0.15) is 0 Å². The van der Waals surface area contributed by atoms with Crippen LogP contribution in [0.3, 0.4) is 0 Å². The average Bonchev–Trinajstić information content (AvgIpc) is 2.08. The number of nitrogens with zero attached hydrogens (tertiary/aromatic N) is 1. The van der Waals surface area contributed by atoms with Gasteiger partial charge in [-0.25, -0.2) is 9.79 Å². The molecular weight excluding hydrogens is 154 g/mol. The van der Waals surface area contributed by atoms with E-state index in [2.05, 4.69) is 25.8 Å². The molecule has 0 aromatic rings. The van der Waals surface area contributed by atoms with Crippen LogP contribution in [0.5, 0.6) is 0 Å². The molecule has 0 heterocycles. The Kier molecular flexibility index (Phi) is 5.08. The molecular formula is C8H17NOSi. The maximum absolute atomic E-state index is 9.93. The predicted octanol–water partition coefficient (Wildman–Crippen LogP) is 2.37. The molecule has 0 spiro atoms. The van der Waals surface area contributed by atoms with Gasteiger partial charge in [0.2, 0.25) is 6.08 Å². The zero-order chi connectivity index (χ0) is 8.74. The van der Waals surface area contributed by atoms with Crippen LogP contribution in [0, 0.1) is 0 Å². The zero-order valence-corrected chi connectivity index (χ0v) is 8.68. The molecule has 0 aliphatic heterocycles. The molecule has 3 heteroatoms. The first-order valence-electron chi connectivity index (χ1n) is 4.28. The summed E-state index contributed by atoms with van der Waals surface area (Å²) < 4.78 is 0. The lowest BCUT2D eigenvalue weighted by atomic mass is 10.9. The molecule has 0 saturated carbocycles. The molecule has 0 aliphatic carbocycles. The van der Waals surface area contributed by atoms with Gasteiger partial charge < -0.3 is 0 Å². The second kappa shape index (κ2) is 5.27. The summed E-state index contributed by atoms with van der Waals surface area (Å²) in [6, 6.07) is 3.68. The first-order valence-corrected chi connectivity index (χ1v) is 7.11. The van der Waals surface area contributed by atoms with Crippen LogP contribution >= 0.6 is 0 Å². The van der Waals surface area contributed by atoms with Gasteiger partial charge in [0.15, 0.2) is 0 Å². The predicted molar refractivity (Wildman–Crippen MR) is 50.2 cm³/mol. The molecule has 0 amide bonds. The summed E-state index contributed by atoms with van der Waals surface area (Å²) in [7, 11) is -1.17. The Bertz CT molecular complexity index is 140. The van der Waals surface area contributed by atoms with Crippen molar-refractivity contribution >= 4 is 14.2 Å². The van der Waals surface area contributed by atoms with E-state index in [9.17, 15) is 4.79 Å². The summed E-state index contributed by atoms with van der Waals surface area (Å²) in [5.74, 6) is 0. The third-order valence-electron chi connectivity index (χ3n) is 2.73. The van der Waals surface area contributed by atoms with Crippen LogP contribution < -0.4 is 0 Å². The molecule has 11 heavy (non-hydrogen) atoms. The topological polar surface area (TPSA) is 29.4 Å². The van der Waals surface area contributed by atoms with Crippen LogP contribution in [0.2, 0.25) is 18.1 Å². The molecule has 2 nitrogen and oxygen atoms in total. The fourth-order valence-electron chi connectivity index (χ4n) is 1.29. The average molecular weight is 171 g/mol.